The number of hydrogen-bond acceptors (Lipinski definition) is 16. The highest BCUT2D eigenvalue weighted by Crippen LogP contribution is 2.49. The summed E-state index contributed by atoms with van der Waals surface area (Å²) in [5, 5.41) is 41.0. The molecule has 1 unspecified atom stereocenters. The zero-order valence-electron chi connectivity index (χ0n) is 20.4. The molecule has 3 aromatic heterocycles. The molecule has 0 spiro atoms. The molecule has 5 rings (SSSR count). The Morgan fingerprint density at radius 3 is 2.48 bits per heavy atom. The largest absolute Gasteiger partial charge is 0.472 e. The first kappa shape index (κ1) is 29.8. The lowest BCUT2D eigenvalue weighted by molar-refractivity contribution is -0.0635. The second-order valence-electron chi connectivity index (χ2n) is 8.72. The van der Waals surface area contributed by atoms with E-state index in [-0.39, 0.29) is 23.1 Å². The molecule has 0 saturated carbocycles. The monoisotopic (exact) mass is 590 g/mol. The smallest absolute Gasteiger partial charge is 0.394 e. The number of nitrogens with zero attached hydrogens (tertiary/aromatic N) is 5. The molecule has 2 fully saturated rings. The summed E-state index contributed by atoms with van der Waals surface area (Å²) in [7, 11) is -5.06. The minimum absolute atomic E-state index is 0. The number of hydrogen-bond donors (Lipinski definition) is 8. The number of aliphatic hydroxyl groups excluding tert-OH is 4. The van der Waals surface area contributed by atoms with E-state index in [1.807, 2.05) is 4.98 Å². The van der Waals surface area contributed by atoms with E-state index in [4.69, 9.17) is 24.3 Å². The number of nitrogen functional groups attached to an aromatic ring is 1. The predicted molar refractivity (Wildman–Crippen MR) is 130 cm³/mol. The van der Waals surface area contributed by atoms with Crippen molar-refractivity contribution in [3.05, 3.63) is 45.8 Å². The van der Waals surface area contributed by atoms with E-state index in [2.05, 4.69) is 15.0 Å². The molecule has 0 bridgehead atoms. The standard InChI is InChI=1S/C19H24N7O12P.H3N/c20-15-10-16(22-5-21-15)26(6-23-10)17-13(31)11(29)8(37-17)4-35-39(33,34)38-14-12(30)7(3-27)36-18(14)25-2-1-9(28)24-19(25)32;/h1-2,5-8,11-14,17-18,27,29-31H,3-4H2,(H,33,34)(H2,20,21,22)(H,24,28,32);1H3/t7-,8-,11-,12-,13-,14-,17-,18-;/m1./s1. The number of nitrogens with one attached hydrogen (secondary N) is 1. The Hall–Kier alpha value is -3.14. The summed E-state index contributed by atoms with van der Waals surface area (Å²) in [4.78, 5) is 47.8. The van der Waals surface area contributed by atoms with Crippen LogP contribution in [-0.2, 0) is 23.1 Å². The fourth-order valence-corrected chi connectivity index (χ4v) is 5.27. The van der Waals surface area contributed by atoms with E-state index in [1.54, 1.807) is 0 Å². The fraction of sp³-hybridized carbons (Fsp3) is 0.526. The van der Waals surface area contributed by atoms with Gasteiger partial charge < -0.3 is 46.7 Å². The molecule has 11 N–H and O–H groups in total. The van der Waals surface area contributed by atoms with Crippen molar-refractivity contribution in [2.75, 3.05) is 18.9 Å². The normalized spacial score (nSPS) is 31.7. The molecule has 2 saturated heterocycles. The SMILES string of the molecule is N.Nc1ncnc2c1ncn2[C@@H]1O[C@H](COP(=O)(O)O[C@@H]2[C@H](O)[C@@H](CO)O[C@H]2n2ccc(=O)[nH]c2=O)[C@@H](O)[C@H]1O. The van der Waals surface area contributed by atoms with Gasteiger partial charge in [-0.05, 0) is 0 Å². The Kier molecular flexibility index (Phi) is 8.49. The average Bonchev–Trinajstić information content (AvgIpc) is 3.53. The Labute approximate surface area is 222 Å². The van der Waals surface area contributed by atoms with Gasteiger partial charge in [-0.25, -0.2) is 24.3 Å². The van der Waals surface area contributed by atoms with E-state index >= 15 is 0 Å². The lowest BCUT2D eigenvalue weighted by Gasteiger charge is -2.25. The number of phosphoric acid groups is 1. The number of ether oxygens (including phenoxy) is 2. The highest BCUT2D eigenvalue weighted by molar-refractivity contribution is 7.47. The van der Waals surface area contributed by atoms with Crippen molar-refractivity contribution in [3.63, 3.8) is 0 Å². The van der Waals surface area contributed by atoms with Gasteiger partial charge in [0, 0.05) is 12.3 Å². The zero-order valence-corrected chi connectivity index (χ0v) is 21.3. The Balaban J connectivity index is 0.00000370. The lowest BCUT2D eigenvalue weighted by atomic mass is 10.1. The van der Waals surface area contributed by atoms with Gasteiger partial charge in [-0.1, -0.05) is 0 Å². The summed E-state index contributed by atoms with van der Waals surface area (Å²) >= 11 is 0. The molecule has 220 valence electrons. The number of aromatic nitrogens is 6. The molecule has 2 aliphatic heterocycles. The minimum Gasteiger partial charge on any atom is -0.394 e. The zero-order chi connectivity index (χ0) is 28.1. The van der Waals surface area contributed by atoms with Crippen LogP contribution in [-0.4, -0.2) is 104 Å². The number of H-pyrrole nitrogens is 1. The van der Waals surface area contributed by atoms with E-state index < -0.39 is 81.4 Å². The highest BCUT2D eigenvalue weighted by Gasteiger charge is 2.50. The summed E-state index contributed by atoms with van der Waals surface area (Å²) in [5.41, 5.74) is 4.50. The summed E-state index contributed by atoms with van der Waals surface area (Å²) in [6.07, 6.45) is -8.47. The predicted octanol–water partition coefficient (Wildman–Crippen LogP) is -3.51. The first-order valence-corrected chi connectivity index (χ1v) is 12.9. The maximum absolute atomic E-state index is 12.8. The average molecular weight is 590 g/mol. The van der Waals surface area contributed by atoms with Crippen molar-refractivity contribution >= 4 is 24.8 Å². The number of nitrogens with two attached hydrogens (primary N) is 1. The van der Waals surface area contributed by atoms with Crippen molar-refractivity contribution in [3.8, 4) is 0 Å². The molecule has 0 aromatic carbocycles. The van der Waals surface area contributed by atoms with Crippen LogP contribution in [0.3, 0.4) is 0 Å². The van der Waals surface area contributed by atoms with Crippen LogP contribution in [0.15, 0.2) is 34.5 Å². The van der Waals surface area contributed by atoms with E-state index in [0.29, 0.717) is 0 Å². The van der Waals surface area contributed by atoms with Crippen LogP contribution in [0.2, 0.25) is 0 Å². The lowest BCUT2D eigenvalue weighted by Crippen LogP contribution is -2.39. The molecule has 21 heteroatoms. The van der Waals surface area contributed by atoms with Crippen LogP contribution >= 0.6 is 7.82 Å². The third-order valence-electron chi connectivity index (χ3n) is 6.27. The third-order valence-corrected chi connectivity index (χ3v) is 7.26. The van der Waals surface area contributed by atoms with Gasteiger partial charge in [-0.3, -0.25) is 28.0 Å². The van der Waals surface area contributed by atoms with Crippen molar-refractivity contribution in [1.29, 1.82) is 0 Å². The minimum atomic E-state index is -5.06. The summed E-state index contributed by atoms with van der Waals surface area (Å²) in [6, 6.07) is 0.972. The maximum Gasteiger partial charge on any atom is 0.472 e. The fourth-order valence-electron chi connectivity index (χ4n) is 4.34. The molecular weight excluding hydrogens is 563 g/mol. The molecule has 0 aliphatic carbocycles. The summed E-state index contributed by atoms with van der Waals surface area (Å²) in [5.74, 6) is 0.0778. The van der Waals surface area contributed by atoms with Crippen LogP contribution in [0.25, 0.3) is 11.2 Å². The van der Waals surface area contributed by atoms with Crippen LogP contribution in [0.4, 0.5) is 5.82 Å². The summed E-state index contributed by atoms with van der Waals surface area (Å²) in [6.45, 7) is -1.49. The van der Waals surface area contributed by atoms with Crippen LogP contribution in [0.5, 0.6) is 0 Å². The van der Waals surface area contributed by atoms with Gasteiger partial charge in [0.1, 0.15) is 48.5 Å². The molecule has 0 amide bonds. The second kappa shape index (κ2) is 11.4. The number of rotatable bonds is 8. The summed E-state index contributed by atoms with van der Waals surface area (Å²) < 4.78 is 36.0. The number of fused-ring (bicyclic) bond motifs is 1. The number of phosphoric ester groups is 1. The number of aromatic amines is 1. The van der Waals surface area contributed by atoms with E-state index in [1.165, 1.54) is 17.2 Å². The molecule has 3 aromatic rings. The topological polar surface area (TPSA) is 315 Å². The van der Waals surface area contributed by atoms with Crippen LogP contribution in [0.1, 0.15) is 12.5 Å². The van der Waals surface area contributed by atoms with Gasteiger partial charge in [-0.15, -0.1) is 0 Å². The van der Waals surface area contributed by atoms with E-state index in [9.17, 15) is 39.5 Å². The molecule has 2 aliphatic rings. The quantitative estimate of drug-likeness (QED) is 0.118. The Bertz CT molecular complexity index is 1510. The first-order chi connectivity index (χ1) is 18.5. The third kappa shape index (κ3) is 5.42. The molecule has 40 heavy (non-hydrogen) atoms. The first-order valence-electron chi connectivity index (χ1n) is 11.4. The molecule has 0 radical (unpaired) electrons. The highest BCUT2D eigenvalue weighted by atomic mass is 31.2. The van der Waals surface area contributed by atoms with Crippen molar-refractivity contribution in [2.24, 2.45) is 0 Å². The van der Waals surface area contributed by atoms with Crippen LogP contribution in [0, 0.1) is 0 Å². The van der Waals surface area contributed by atoms with Crippen molar-refractivity contribution in [1.82, 2.24) is 35.2 Å². The maximum atomic E-state index is 12.8. The van der Waals surface area contributed by atoms with E-state index in [0.717, 1.165) is 16.8 Å². The molecule has 5 heterocycles. The van der Waals surface area contributed by atoms with Gasteiger partial charge in [0.2, 0.25) is 0 Å². The Morgan fingerprint density at radius 2 is 1.77 bits per heavy atom. The Morgan fingerprint density at radius 1 is 1.05 bits per heavy atom. The van der Waals surface area contributed by atoms with Crippen LogP contribution < -0.4 is 23.1 Å². The molecule has 9 atom stereocenters. The molecular formula is C19H27N8O12P. The molecule has 20 nitrogen and oxygen atoms in total. The van der Waals surface area contributed by atoms with Crippen molar-refractivity contribution in [2.45, 2.75) is 49.1 Å². The van der Waals surface area contributed by atoms with Gasteiger partial charge in [0.15, 0.2) is 23.9 Å². The second-order valence-corrected chi connectivity index (χ2v) is 10.1. The van der Waals surface area contributed by atoms with Gasteiger partial charge in [-0.2, -0.15) is 0 Å². The van der Waals surface area contributed by atoms with Crippen molar-refractivity contribution < 1.29 is 48.4 Å². The van der Waals surface area contributed by atoms with Gasteiger partial charge in [0.25, 0.3) is 5.56 Å². The number of imidazole rings is 1. The van der Waals surface area contributed by atoms with Gasteiger partial charge >= 0.3 is 13.5 Å². The number of anilines is 1. The van der Waals surface area contributed by atoms with Gasteiger partial charge in [0.05, 0.1) is 19.5 Å². The number of aliphatic hydroxyl groups is 4.